The smallest absolute Gasteiger partial charge is 0.0584 e. The summed E-state index contributed by atoms with van der Waals surface area (Å²) in [4.78, 5) is 7.96. The average Bonchev–Trinajstić information content (AvgIpc) is 2.82. The Morgan fingerprint density at radius 2 is 2.18 bits per heavy atom. The molecule has 2 aromatic heterocycles. The maximum atomic E-state index is 5.68. The fraction of sp³-hybridized carbons (Fsp3) is 0.308. The van der Waals surface area contributed by atoms with Gasteiger partial charge in [-0.05, 0) is 30.1 Å². The Balaban J connectivity index is 2.00. The minimum Gasteiger partial charge on any atom is -0.325 e. The summed E-state index contributed by atoms with van der Waals surface area (Å²) >= 11 is 1.79. The van der Waals surface area contributed by atoms with Crippen LogP contribution in [0.1, 0.15) is 16.1 Å². The molecule has 3 nitrogen and oxygen atoms in total. The lowest BCUT2D eigenvalue weighted by molar-refractivity contribution is 0.320. The van der Waals surface area contributed by atoms with E-state index >= 15 is 0 Å². The van der Waals surface area contributed by atoms with Gasteiger partial charge in [0.25, 0.3) is 0 Å². The highest BCUT2D eigenvalue weighted by atomic mass is 32.1. The van der Waals surface area contributed by atoms with E-state index in [1.165, 1.54) is 10.4 Å². The fourth-order valence-electron chi connectivity index (χ4n) is 1.81. The number of rotatable bonds is 5. The van der Waals surface area contributed by atoms with Crippen molar-refractivity contribution in [2.45, 2.75) is 19.6 Å². The third kappa shape index (κ3) is 3.36. The largest absolute Gasteiger partial charge is 0.325 e. The van der Waals surface area contributed by atoms with E-state index in [0.717, 1.165) is 18.8 Å². The van der Waals surface area contributed by atoms with Crippen LogP contribution in [-0.4, -0.2) is 16.9 Å². The summed E-state index contributed by atoms with van der Waals surface area (Å²) in [5, 5.41) is 2.11. The van der Waals surface area contributed by atoms with E-state index in [1.807, 2.05) is 6.07 Å². The van der Waals surface area contributed by atoms with Crippen LogP contribution in [0.15, 0.2) is 35.8 Å². The predicted molar refractivity (Wildman–Crippen MR) is 71.6 cm³/mol. The van der Waals surface area contributed by atoms with Crippen molar-refractivity contribution in [1.82, 2.24) is 9.88 Å². The standard InChI is InChI=1S/C13H17N3S/c1-16(10-12-5-3-7-17-12)9-11-4-2-6-15-13(11)8-14/h2-7H,8-10,14H2,1H3. The molecule has 0 amide bonds. The van der Waals surface area contributed by atoms with Crippen molar-refractivity contribution in [3.05, 3.63) is 52.0 Å². The van der Waals surface area contributed by atoms with Crippen molar-refractivity contribution in [2.24, 2.45) is 5.73 Å². The van der Waals surface area contributed by atoms with E-state index < -0.39 is 0 Å². The van der Waals surface area contributed by atoms with Crippen molar-refractivity contribution in [1.29, 1.82) is 0 Å². The zero-order valence-corrected chi connectivity index (χ0v) is 10.8. The molecule has 0 saturated carbocycles. The third-order valence-electron chi connectivity index (χ3n) is 2.62. The molecule has 4 heteroatoms. The number of nitrogens with two attached hydrogens (primary N) is 1. The number of nitrogens with zero attached hydrogens (tertiary/aromatic N) is 2. The SMILES string of the molecule is CN(Cc1cccs1)Cc1cccnc1CN. The maximum absolute atomic E-state index is 5.68. The summed E-state index contributed by atoms with van der Waals surface area (Å²) in [6.45, 7) is 2.36. The predicted octanol–water partition coefficient (Wildman–Crippen LogP) is 2.23. The van der Waals surface area contributed by atoms with E-state index in [1.54, 1.807) is 17.5 Å². The zero-order chi connectivity index (χ0) is 12.1. The van der Waals surface area contributed by atoms with Gasteiger partial charge < -0.3 is 5.73 Å². The molecule has 0 bridgehead atoms. The maximum Gasteiger partial charge on any atom is 0.0584 e. The van der Waals surface area contributed by atoms with Gasteiger partial charge in [-0.15, -0.1) is 11.3 Å². The van der Waals surface area contributed by atoms with Crippen LogP contribution in [0.5, 0.6) is 0 Å². The van der Waals surface area contributed by atoms with Gasteiger partial charge in [0.05, 0.1) is 5.69 Å². The van der Waals surface area contributed by atoms with Gasteiger partial charge >= 0.3 is 0 Å². The first kappa shape index (κ1) is 12.2. The van der Waals surface area contributed by atoms with Crippen LogP contribution in [0.4, 0.5) is 0 Å². The molecule has 2 rings (SSSR count). The van der Waals surface area contributed by atoms with Gasteiger partial charge in [0.2, 0.25) is 0 Å². The Morgan fingerprint density at radius 1 is 1.29 bits per heavy atom. The number of hydrogen-bond donors (Lipinski definition) is 1. The van der Waals surface area contributed by atoms with E-state index in [9.17, 15) is 0 Å². The van der Waals surface area contributed by atoms with Crippen LogP contribution in [0, 0.1) is 0 Å². The molecule has 0 aromatic carbocycles. The lowest BCUT2D eigenvalue weighted by Crippen LogP contribution is -2.18. The van der Waals surface area contributed by atoms with Crippen molar-refractivity contribution in [3.8, 4) is 0 Å². The van der Waals surface area contributed by atoms with Crippen LogP contribution in [-0.2, 0) is 19.6 Å². The normalized spacial score (nSPS) is 11.0. The molecule has 0 aliphatic carbocycles. The topological polar surface area (TPSA) is 42.2 Å². The number of aromatic nitrogens is 1. The number of hydrogen-bond acceptors (Lipinski definition) is 4. The lowest BCUT2D eigenvalue weighted by atomic mass is 10.2. The molecule has 0 aliphatic rings. The molecule has 17 heavy (non-hydrogen) atoms. The second kappa shape index (κ2) is 5.91. The first-order valence-corrected chi connectivity index (χ1v) is 6.51. The second-order valence-electron chi connectivity index (χ2n) is 4.06. The Labute approximate surface area is 106 Å². The summed E-state index contributed by atoms with van der Waals surface area (Å²) in [7, 11) is 2.12. The molecular formula is C13H17N3S. The summed E-state index contributed by atoms with van der Waals surface area (Å²) in [6.07, 6.45) is 1.80. The van der Waals surface area contributed by atoms with E-state index in [2.05, 4.69) is 40.5 Å². The molecule has 0 saturated heterocycles. The van der Waals surface area contributed by atoms with Gasteiger partial charge in [-0.2, -0.15) is 0 Å². The molecule has 0 radical (unpaired) electrons. The third-order valence-corrected chi connectivity index (χ3v) is 3.49. The molecule has 0 aliphatic heterocycles. The Morgan fingerprint density at radius 3 is 2.88 bits per heavy atom. The van der Waals surface area contributed by atoms with Crippen molar-refractivity contribution in [3.63, 3.8) is 0 Å². The number of thiophene rings is 1. The van der Waals surface area contributed by atoms with Gasteiger partial charge in [-0.1, -0.05) is 12.1 Å². The second-order valence-corrected chi connectivity index (χ2v) is 5.10. The Bertz CT molecular complexity index is 453. The Hall–Kier alpha value is -1.23. The fourth-order valence-corrected chi connectivity index (χ4v) is 2.60. The highest BCUT2D eigenvalue weighted by Crippen LogP contribution is 2.14. The Kier molecular flexibility index (Phi) is 4.25. The number of pyridine rings is 1. The highest BCUT2D eigenvalue weighted by molar-refractivity contribution is 7.09. The van der Waals surface area contributed by atoms with Crippen LogP contribution >= 0.6 is 11.3 Å². The molecule has 0 spiro atoms. The summed E-state index contributed by atoms with van der Waals surface area (Å²) in [6, 6.07) is 8.31. The quantitative estimate of drug-likeness (QED) is 0.881. The van der Waals surface area contributed by atoms with E-state index in [4.69, 9.17) is 5.73 Å². The average molecular weight is 247 g/mol. The molecule has 0 unspecified atom stereocenters. The van der Waals surface area contributed by atoms with Crippen LogP contribution in [0.3, 0.4) is 0 Å². The van der Waals surface area contributed by atoms with Crippen LogP contribution in [0.25, 0.3) is 0 Å². The summed E-state index contributed by atoms with van der Waals surface area (Å²) in [5.41, 5.74) is 7.89. The zero-order valence-electron chi connectivity index (χ0n) is 9.97. The van der Waals surface area contributed by atoms with Crippen molar-refractivity contribution >= 4 is 11.3 Å². The van der Waals surface area contributed by atoms with Crippen molar-refractivity contribution in [2.75, 3.05) is 7.05 Å². The molecule has 0 fully saturated rings. The van der Waals surface area contributed by atoms with Crippen LogP contribution in [0.2, 0.25) is 0 Å². The molecule has 2 N–H and O–H groups in total. The first-order valence-electron chi connectivity index (χ1n) is 5.63. The van der Waals surface area contributed by atoms with Crippen molar-refractivity contribution < 1.29 is 0 Å². The van der Waals surface area contributed by atoms with Gasteiger partial charge in [0.15, 0.2) is 0 Å². The monoisotopic (exact) mass is 247 g/mol. The molecule has 2 heterocycles. The summed E-state index contributed by atoms with van der Waals surface area (Å²) in [5.74, 6) is 0. The van der Waals surface area contributed by atoms with E-state index in [-0.39, 0.29) is 0 Å². The van der Waals surface area contributed by atoms with Gasteiger partial charge in [0, 0.05) is 30.7 Å². The van der Waals surface area contributed by atoms with Crippen LogP contribution < -0.4 is 5.73 Å². The molecule has 2 aromatic rings. The summed E-state index contributed by atoms with van der Waals surface area (Å²) < 4.78 is 0. The highest BCUT2D eigenvalue weighted by Gasteiger charge is 2.06. The lowest BCUT2D eigenvalue weighted by Gasteiger charge is -2.17. The molecular weight excluding hydrogens is 230 g/mol. The minimum atomic E-state index is 0.503. The van der Waals surface area contributed by atoms with E-state index in [0.29, 0.717) is 6.54 Å². The minimum absolute atomic E-state index is 0.503. The first-order chi connectivity index (χ1) is 8.29. The van der Waals surface area contributed by atoms with Gasteiger partial charge in [-0.3, -0.25) is 9.88 Å². The molecule has 90 valence electrons. The van der Waals surface area contributed by atoms with Gasteiger partial charge in [-0.25, -0.2) is 0 Å². The van der Waals surface area contributed by atoms with Gasteiger partial charge in [0.1, 0.15) is 0 Å². The molecule has 0 atom stereocenters.